The monoisotopic (exact) mass is 340 g/mol. The first-order valence-corrected chi connectivity index (χ1v) is 8.82. The number of aromatic nitrogens is 2. The molecule has 0 aliphatic carbocycles. The molecular formula is C19H20N2O2S. The van der Waals surface area contributed by atoms with Gasteiger partial charge < -0.3 is 0 Å². The van der Waals surface area contributed by atoms with Crippen LogP contribution >= 0.6 is 11.3 Å². The Balaban J connectivity index is 2.01. The Labute approximate surface area is 144 Å². The van der Waals surface area contributed by atoms with Gasteiger partial charge in [-0.2, -0.15) is 0 Å². The molecule has 0 spiro atoms. The summed E-state index contributed by atoms with van der Waals surface area (Å²) in [7, 11) is 0. The molecule has 0 saturated heterocycles. The molecule has 1 aromatic carbocycles. The van der Waals surface area contributed by atoms with Gasteiger partial charge in [-0.3, -0.25) is 14.2 Å². The fourth-order valence-corrected chi connectivity index (χ4v) is 3.68. The van der Waals surface area contributed by atoms with E-state index in [0.29, 0.717) is 16.8 Å². The molecule has 0 bridgehead atoms. The van der Waals surface area contributed by atoms with E-state index in [2.05, 4.69) is 11.9 Å². The van der Waals surface area contributed by atoms with Crippen LogP contribution in [0.2, 0.25) is 0 Å². The summed E-state index contributed by atoms with van der Waals surface area (Å²) in [6.07, 6.45) is 0.876. The van der Waals surface area contributed by atoms with E-state index in [1.54, 1.807) is 18.3 Å². The summed E-state index contributed by atoms with van der Waals surface area (Å²) in [5.41, 5.74) is 2.71. The first-order chi connectivity index (χ1) is 11.4. The van der Waals surface area contributed by atoms with Crippen LogP contribution < -0.4 is 5.56 Å². The molecule has 4 nitrogen and oxygen atoms in total. The Morgan fingerprint density at radius 2 is 1.92 bits per heavy atom. The van der Waals surface area contributed by atoms with Crippen molar-refractivity contribution in [3.8, 4) is 0 Å². The van der Waals surface area contributed by atoms with Crippen LogP contribution in [-0.4, -0.2) is 15.3 Å². The van der Waals surface area contributed by atoms with Crippen molar-refractivity contribution in [3.05, 3.63) is 62.0 Å². The summed E-state index contributed by atoms with van der Waals surface area (Å²) < 4.78 is 1.48. The summed E-state index contributed by atoms with van der Waals surface area (Å²) in [5, 5.41) is 0.607. The van der Waals surface area contributed by atoms with Gasteiger partial charge in [-0.05, 0) is 50.5 Å². The van der Waals surface area contributed by atoms with Crippen molar-refractivity contribution in [1.29, 1.82) is 0 Å². The zero-order valence-electron chi connectivity index (χ0n) is 14.3. The van der Waals surface area contributed by atoms with Crippen LogP contribution in [0.4, 0.5) is 0 Å². The van der Waals surface area contributed by atoms with E-state index in [9.17, 15) is 9.59 Å². The van der Waals surface area contributed by atoms with Gasteiger partial charge in [0.2, 0.25) is 0 Å². The first-order valence-electron chi connectivity index (χ1n) is 8.01. The Morgan fingerprint density at radius 1 is 1.17 bits per heavy atom. The summed E-state index contributed by atoms with van der Waals surface area (Å²) in [6.45, 7) is 7.85. The molecule has 2 aromatic heterocycles. The Kier molecular flexibility index (Phi) is 4.37. The highest BCUT2D eigenvalue weighted by Crippen LogP contribution is 2.22. The van der Waals surface area contributed by atoms with Crippen LogP contribution in [0, 0.1) is 20.8 Å². The molecular weight excluding hydrogens is 320 g/mol. The molecule has 0 aliphatic heterocycles. The van der Waals surface area contributed by atoms with Gasteiger partial charge in [-0.1, -0.05) is 19.1 Å². The predicted molar refractivity (Wildman–Crippen MR) is 98.2 cm³/mol. The normalized spacial score (nSPS) is 11.2. The Hall–Kier alpha value is -2.27. The summed E-state index contributed by atoms with van der Waals surface area (Å²) >= 11 is 1.54. The number of carbonyl (C=O) groups excluding carboxylic acids is 1. The highest BCUT2D eigenvalue weighted by atomic mass is 32.1. The van der Waals surface area contributed by atoms with E-state index >= 15 is 0 Å². The lowest BCUT2D eigenvalue weighted by Gasteiger charge is -2.09. The van der Waals surface area contributed by atoms with Gasteiger partial charge in [-0.15, -0.1) is 11.3 Å². The third-order valence-corrected chi connectivity index (χ3v) is 5.55. The average Bonchev–Trinajstić information content (AvgIpc) is 2.97. The molecule has 3 rings (SSSR count). The van der Waals surface area contributed by atoms with E-state index in [4.69, 9.17) is 0 Å². The van der Waals surface area contributed by atoms with Crippen LogP contribution in [0.25, 0.3) is 10.2 Å². The van der Waals surface area contributed by atoms with Crippen molar-refractivity contribution in [2.45, 2.75) is 40.7 Å². The van der Waals surface area contributed by atoms with Crippen molar-refractivity contribution >= 4 is 27.3 Å². The van der Waals surface area contributed by atoms with Crippen LogP contribution in [0.1, 0.15) is 39.1 Å². The van der Waals surface area contributed by atoms with Crippen molar-refractivity contribution in [2.75, 3.05) is 0 Å². The van der Waals surface area contributed by atoms with Crippen molar-refractivity contribution in [3.63, 3.8) is 0 Å². The molecule has 0 N–H and O–H groups in total. The molecule has 0 fully saturated rings. The molecule has 0 unspecified atom stereocenters. The van der Waals surface area contributed by atoms with Crippen molar-refractivity contribution in [2.24, 2.45) is 0 Å². The number of nitrogens with zero attached hydrogens (tertiary/aromatic N) is 2. The largest absolute Gasteiger partial charge is 0.292 e. The zero-order chi connectivity index (χ0) is 17.4. The number of thiophene rings is 1. The maximum absolute atomic E-state index is 12.7. The van der Waals surface area contributed by atoms with Gasteiger partial charge in [0.15, 0.2) is 5.78 Å². The summed E-state index contributed by atoms with van der Waals surface area (Å²) in [5.74, 6) is 0.504. The number of hydrogen-bond donors (Lipinski definition) is 0. The number of Topliss-reactive ketones (excluding diaryl/α,β-unsaturated/α-hetero) is 1. The van der Waals surface area contributed by atoms with E-state index in [1.807, 2.05) is 38.1 Å². The Morgan fingerprint density at radius 3 is 2.58 bits per heavy atom. The van der Waals surface area contributed by atoms with Crippen LogP contribution in [0.3, 0.4) is 0 Å². The minimum absolute atomic E-state index is 0.0212. The highest BCUT2D eigenvalue weighted by Gasteiger charge is 2.15. The second-order valence-electron chi connectivity index (χ2n) is 6.06. The number of hydrogen-bond acceptors (Lipinski definition) is 4. The second-order valence-corrected chi connectivity index (χ2v) is 7.17. The molecule has 0 atom stereocenters. The van der Waals surface area contributed by atoms with Crippen molar-refractivity contribution in [1.82, 2.24) is 9.55 Å². The quantitative estimate of drug-likeness (QED) is 0.678. The zero-order valence-corrected chi connectivity index (χ0v) is 15.2. The molecule has 124 valence electrons. The van der Waals surface area contributed by atoms with Gasteiger partial charge in [0.25, 0.3) is 5.56 Å². The topological polar surface area (TPSA) is 52.0 Å². The lowest BCUT2D eigenvalue weighted by Crippen LogP contribution is -2.27. The number of carbonyl (C=O) groups is 1. The van der Waals surface area contributed by atoms with E-state index in [-0.39, 0.29) is 17.9 Å². The smallest absolute Gasteiger partial charge is 0.262 e. The summed E-state index contributed by atoms with van der Waals surface area (Å²) in [4.78, 5) is 31.7. The van der Waals surface area contributed by atoms with E-state index in [0.717, 1.165) is 27.3 Å². The first kappa shape index (κ1) is 16.6. The maximum atomic E-state index is 12.7. The lowest BCUT2D eigenvalue weighted by atomic mass is 10.0. The number of fused-ring (bicyclic) bond motifs is 1. The molecule has 0 saturated carbocycles. The molecule has 24 heavy (non-hydrogen) atoms. The van der Waals surface area contributed by atoms with Gasteiger partial charge >= 0.3 is 0 Å². The van der Waals surface area contributed by atoms with E-state index in [1.165, 1.54) is 4.57 Å². The molecule has 5 heteroatoms. The second kappa shape index (κ2) is 6.32. The fourth-order valence-electron chi connectivity index (χ4n) is 2.68. The maximum Gasteiger partial charge on any atom is 0.262 e. The predicted octanol–water partition coefficient (Wildman–Crippen LogP) is 3.83. The lowest BCUT2D eigenvalue weighted by molar-refractivity contribution is 0.0969. The molecule has 3 aromatic rings. The number of benzene rings is 1. The third-order valence-electron chi connectivity index (χ3n) is 4.37. The third kappa shape index (κ3) is 2.91. The van der Waals surface area contributed by atoms with Gasteiger partial charge in [0.05, 0.1) is 11.9 Å². The SMILES string of the molecule is CCc1cc2c(=O)n(CC(=O)c3ccc(C)c(C)c3)c(C)nc2s1. The molecule has 0 aliphatic rings. The summed E-state index contributed by atoms with van der Waals surface area (Å²) in [6, 6.07) is 7.53. The van der Waals surface area contributed by atoms with Gasteiger partial charge in [0, 0.05) is 10.4 Å². The highest BCUT2D eigenvalue weighted by molar-refractivity contribution is 7.18. The van der Waals surface area contributed by atoms with Crippen LogP contribution in [-0.2, 0) is 13.0 Å². The number of ketones is 1. The minimum Gasteiger partial charge on any atom is -0.292 e. The molecule has 2 heterocycles. The Bertz CT molecular complexity index is 999. The van der Waals surface area contributed by atoms with Crippen molar-refractivity contribution < 1.29 is 4.79 Å². The van der Waals surface area contributed by atoms with Gasteiger partial charge in [-0.25, -0.2) is 4.98 Å². The fraction of sp³-hybridized carbons (Fsp3) is 0.316. The van der Waals surface area contributed by atoms with Gasteiger partial charge in [0.1, 0.15) is 10.7 Å². The van der Waals surface area contributed by atoms with Crippen LogP contribution in [0.15, 0.2) is 29.1 Å². The minimum atomic E-state index is -0.134. The number of aryl methyl sites for hydroxylation is 4. The van der Waals surface area contributed by atoms with E-state index < -0.39 is 0 Å². The van der Waals surface area contributed by atoms with Crippen LogP contribution in [0.5, 0.6) is 0 Å². The standard InChI is InChI=1S/C19H20N2O2S/c1-5-15-9-16-18(24-15)20-13(4)21(19(16)23)10-17(22)14-7-6-11(2)12(3)8-14/h6-9H,5,10H2,1-4H3. The molecule has 0 amide bonds. The molecule has 0 radical (unpaired) electrons. The number of rotatable bonds is 4. The average molecular weight is 340 g/mol.